The van der Waals surface area contributed by atoms with Crippen LogP contribution in [0, 0.1) is 0 Å². The number of benzene rings is 1. The fourth-order valence-electron chi connectivity index (χ4n) is 2.38. The molecule has 102 valence electrons. The number of rotatable bonds is 3. The molecule has 0 saturated heterocycles. The van der Waals surface area contributed by atoms with E-state index in [0.717, 1.165) is 36.9 Å². The Labute approximate surface area is 116 Å². The maximum absolute atomic E-state index is 11.0. The minimum atomic E-state index is -0.972. The van der Waals surface area contributed by atoms with Crippen molar-refractivity contribution >= 4 is 5.97 Å². The summed E-state index contributed by atoms with van der Waals surface area (Å²) in [6.07, 6.45) is 5.60. The van der Waals surface area contributed by atoms with E-state index in [1.54, 1.807) is 12.1 Å². The van der Waals surface area contributed by atoms with E-state index in [1.165, 1.54) is 18.5 Å². The Balaban J connectivity index is 1.91. The van der Waals surface area contributed by atoms with Crippen molar-refractivity contribution in [3.05, 3.63) is 47.4 Å². The topological polar surface area (TPSA) is 72.3 Å². The van der Waals surface area contributed by atoms with Crippen LogP contribution in [0.5, 0.6) is 11.6 Å². The lowest BCUT2D eigenvalue weighted by atomic mass is 9.97. The number of carboxylic acid groups (broad SMARTS) is 1. The molecule has 1 aromatic heterocycles. The lowest BCUT2D eigenvalue weighted by molar-refractivity contribution is 0.0696. The minimum Gasteiger partial charge on any atom is -0.478 e. The molecular weight excluding hydrogens is 256 g/mol. The summed E-state index contributed by atoms with van der Waals surface area (Å²) in [5.74, 6) is 0.0498. The number of ether oxygens (including phenoxy) is 1. The molecule has 1 aliphatic carbocycles. The van der Waals surface area contributed by atoms with Crippen LogP contribution in [0.15, 0.2) is 30.6 Å². The van der Waals surface area contributed by atoms with Gasteiger partial charge in [-0.25, -0.2) is 14.8 Å². The molecule has 0 radical (unpaired) electrons. The summed E-state index contributed by atoms with van der Waals surface area (Å²) in [7, 11) is 0. The van der Waals surface area contributed by atoms with Crippen LogP contribution in [0.25, 0.3) is 0 Å². The van der Waals surface area contributed by atoms with Gasteiger partial charge in [0.05, 0.1) is 11.3 Å². The molecule has 0 spiro atoms. The van der Waals surface area contributed by atoms with Crippen molar-refractivity contribution in [2.45, 2.75) is 25.7 Å². The molecule has 5 nitrogen and oxygen atoms in total. The molecule has 5 heteroatoms. The third-order valence-electron chi connectivity index (χ3n) is 3.38. The van der Waals surface area contributed by atoms with Crippen molar-refractivity contribution in [1.29, 1.82) is 0 Å². The lowest BCUT2D eigenvalue weighted by Crippen LogP contribution is -2.08. The van der Waals surface area contributed by atoms with E-state index >= 15 is 0 Å². The standard InChI is InChI=1S/C15H14N2O3/c18-15(19)10-4-3-5-11(8-10)20-14-12-6-1-2-7-13(12)16-9-17-14/h3-5,8-9H,1-2,6-7H2,(H,18,19). The molecule has 1 aliphatic rings. The summed E-state index contributed by atoms with van der Waals surface area (Å²) >= 11 is 0. The fraction of sp³-hybridized carbons (Fsp3) is 0.267. The zero-order valence-electron chi connectivity index (χ0n) is 10.9. The molecule has 20 heavy (non-hydrogen) atoms. The van der Waals surface area contributed by atoms with E-state index in [-0.39, 0.29) is 5.56 Å². The minimum absolute atomic E-state index is 0.199. The van der Waals surface area contributed by atoms with Gasteiger partial charge in [-0.2, -0.15) is 0 Å². The molecule has 0 aliphatic heterocycles. The summed E-state index contributed by atoms with van der Waals surface area (Å²) in [5, 5.41) is 8.99. The average Bonchev–Trinajstić information content (AvgIpc) is 2.48. The van der Waals surface area contributed by atoms with Crippen LogP contribution in [-0.4, -0.2) is 21.0 Å². The second-order valence-corrected chi connectivity index (χ2v) is 4.75. The first kappa shape index (κ1) is 12.6. The third-order valence-corrected chi connectivity index (χ3v) is 3.38. The highest BCUT2D eigenvalue weighted by atomic mass is 16.5. The SMILES string of the molecule is O=C(O)c1cccc(Oc2ncnc3c2CCCC3)c1. The normalized spacial score (nSPS) is 13.6. The van der Waals surface area contributed by atoms with Crippen molar-refractivity contribution in [1.82, 2.24) is 9.97 Å². The van der Waals surface area contributed by atoms with Crippen molar-refractivity contribution < 1.29 is 14.6 Å². The Kier molecular flexibility index (Phi) is 3.33. The van der Waals surface area contributed by atoms with Crippen LogP contribution >= 0.6 is 0 Å². The van der Waals surface area contributed by atoms with Crippen LogP contribution in [0.4, 0.5) is 0 Å². The zero-order valence-corrected chi connectivity index (χ0v) is 10.9. The maximum atomic E-state index is 11.0. The Hall–Kier alpha value is -2.43. The van der Waals surface area contributed by atoms with E-state index in [4.69, 9.17) is 9.84 Å². The van der Waals surface area contributed by atoms with E-state index in [1.807, 2.05) is 0 Å². The smallest absolute Gasteiger partial charge is 0.335 e. The molecule has 3 rings (SSSR count). The predicted octanol–water partition coefficient (Wildman–Crippen LogP) is 2.85. The summed E-state index contributed by atoms with van der Waals surface area (Å²) in [5.41, 5.74) is 2.28. The first-order valence-corrected chi connectivity index (χ1v) is 6.58. The average molecular weight is 270 g/mol. The zero-order chi connectivity index (χ0) is 13.9. The molecule has 1 aromatic carbocycles. The number of hydrogen-bond acceptors (Lipinski definition) is 4. The van der Waals surface area contributed by atoms with Crippen molar-refractivity contribution in [2.24, 2.45) is 0 Å². The lowest BCUT2D eigenvalue weighted by Gasteiger charge is -2.17. The van der Waals surface area contributed by atoms with Crippen LogP contribution in [-0.2, 0) is 12.8 Å². The van der Waals surface area contributed by atoms with Gasteiger partial charge in [-0.05, 0) is 43.9 Å². The molecule has 0 amide bonds. The summed E-state index contributed by atoms with van der Waals surface area (Å²) in [4.78, 5) is 19.4. The number of aromatic carboxylic acids is 1. The predicted molar refractivity (Wildman–Crippen MR) is 72.1 cm³/mol. The summed E-state index contributed by atoms with van der Waals surface area (Å²) < 4.78 is 5.75. The van der Waals surface area contributed by atoms with Gasteiger partial charge in [0.25, 0.3) is 0 Å². The Morgan fingerprint density at radius 2 is 2.05 bits per heavy atom. The molecule has 2 aromatic rings. The third kappa shape index (κ3) is 2.47. The number of carboxylic acids is 1. The molecule has 0 atom stereocenters. The highest BCUT2D eigenvalue weighted by molar-refractivity contribution is 5.88. The molecule has 0 fully saturated rings. The van der Waals surface area contributed by atoms with Gasteiger partial charge in [0.1, 0.15) is 12.1 Å². The summed E-state index contributed by atoms with van der Waals surface area (Å²) in [6.45, 7) is 0. The van der Waals surface area contributed by atoms with E-state index < -0.39 is 5.97 Å². The van der Waals surface area contributed by atoms with Gasteiger partial charge >= 0.3 is 5.97 Å². The molecule has 1 N–H and O–H groups in total. The van der Waals surface area contributed by atoms with Gasteiger partial charge in [-0.15, -0.1) is 0 Å². The van der Waals surface area contributed by atoms with E-state index in [0.29, 0.717) is 11.6 Å². The quantitative estimate of drug-likeness (QED) is 0.928. The second kappa shape index (κ2) is 5.28. The largest absolute Gasteiger partial charge is 0.478 e. The van der Waals surface area contributed by atoms with Gasteiger partial charge in [0.15, 0.2) is 0 Å². The van der Waals surface area contributed by atoms with E-state index in [2.05, 4.69) is 9.97 Å². The molecule has 0 saturated carbocycles. The highest BCUT2D eigenvalue weighted by Crippen LogP contribution is 2.29. The number of hydrogen-bond donors (Lipinski definition) is 1. The van der Waals surface area contributed by atoms with Gasteiger partial charge in [0.2, 0.25) is 5.88 Å². The van der Waals surface area contributed by atoms with Crippen molar-refractivity contribution in [3.63, 3.8) is 0 Å². The molecular formula is C15H14N2O3. The first-order valence-electron chi connectivity index (χ1n) is 6.58. The van der Waals surface area contributed by atoms with Gasteiger partial charge in [-0.3, -0.25) is 0 Å². The fourth-order valence-corrected chi connectivity index (χ4v) is 2.38. The summed E-state index contributed by atoms with van der Waals surface area (Å²) in [6, 6.07) is 6.42. The monoisotopic (exact) mass is 270 g/mol. The van der Waals surface area contributed by atoms with Crippen LogP contribution in [0.1, 0.15) is 34.5 Å². The second-order valence-electron chi connectivity index (χ2n) is 4.75. The number of nitrogens with zero attached hydrogens (tertiary/aromatic N) is 2. The maximum Gasteiger partial charge on any atom is 0.335 e. The van der Waals surface area contributed by atoms with Crippen molar-refractivity contribution in [3.8, 4) is 11.6 Å². The van der Waals surface area contributed by atoms with Gasteiger partial charge < -0.3 is 9.84 Å². The van der Waals surface area contributed by atoms with Crippen LogP contribution in [0.3, 0.4) is 0 Å². The van der Waals surface area contributed by atoms with Crippen molar-refractivity contribution in [2.75, 3.05) is 0 Å². The van der Waals surface area contributed by atoms with Gasteiger partial charge in [-0.1, -0.05) is 6.07 Å². The number of carbonyl (C=O) groups is 1. The number of aromatic nitrogens is 2. The Morgan fingerprint density at radius 1 is 1.20 bits per heavy atom. The number of fused-ring (bicyclic) bond motifs is 1. The van der Waals surface area contributed by atoms with Gasteiger partial charge in [0, 0.05) is 5.56 Å². The Bertz CT molecular complexity index is 655. The van der Waals surface area contributed by atoms with Crippen LogP contribution < -0.4 is 4.74 Å². The first-order chi connectivity index (χ1) is 9.74. The molecule has 0 unspecified atom stereocenters. The highest BCUT2D eigenvalue weighted by Gasteiger charge is 2.17. The number of aryl methyl sites for hydroxylation is 1. The molecule has 1 heterocycles. The Morgan fingerprint density at radius 3 is 2.90 bits per heavy atom. The van der Waals surface area contributed by atoms with Crippen LogP contribution in [0.2, 0.25) is 0 Å². The van der Waals surface area contributed by atoms with E-state index in [9.17, 15) is 4.79 Å². The molecule has 0 bridgehead atoms.